The number of hydrogen-bond donors (Lipinski definition) is 3. The predicted octanol–water partition coefficient (Wildman–Crippen LogP) is 7.19. The third kappa shape index (κ3) is 5.36. The van der Waals surface area contributed by atoms with Crippen LogP contribution in [0, 0.1) is 11.2 Å². The first-order valence-electron chi connectivity index (χ1n) is 13.3. The molecule has 0 unspecified atom stereocenters. The summed E-state index contributed by atoms with van der Waals surface area (Å²) in [6.07, 6.45) is 1.09. The number of sulfonamides is 1. The van der Waals surface area contributed by atoms with Crippen molar-refractivity contribution in [3.05, 3.63) is 95.8 Å². The van der Waals surface area contributed by atoms with E-state index >= 15 is 0 Å². The van der Waals surface area contributed by atoms with Gasteiger partial charge in [0.1, 0.15) is 22.2 Å². The Labute approximate surface area is 262 Å². The highest BCUT2D eigenvalue weighted by Crippen LogP contribution is 2.43. The van der Waals surface area contributed by atoms with Gasteiger partial charge in [-0.3, -0.25) is 14.5 Å². The maximum absolute atomic E-state index is 13.7. The molecule has 0 atom stereocenters. The van der Waals surface area contributed by atoms with Gasteiger partial charge in [-0.05, 0) is 66.2 Å². The second kappa shape index (κ2) is 11.2. The number of nitrogens with zero attached hydrogens (tertiary/aromatic N) is 2. The van der Waals surface area contributed by atoms with Crippen molar-refractivity contribution in [2.45, 2.75) is 0 Å². The maximum atomic E-state index is 13.7. The van der Waals surface area contributed by atoms with E-state index in [-0.39, 0.29) is 22.0 Å². The Morgan fingerprint density at radius 1 is 1.02 bits per heavy atom. The number of nitrogens with one attached hydrogen (secondary N) is 2. The van der Waals surface area contributed by atoms with Gasteiger partial charge in [-0.2, -0.15) is 0 Å². The third-order valence-corrected chi connectivity index (χ3v) is 9.80. The van der Waals surface area contributed by atoms with Gasteiger partial charge in [-0.15, -0.1) is 24.0 Å². The SMILES string of the molecule is CNC(=O)c1c(-c2ccc(F)cc2)oc2cc(N(C)S(C)(=O)=O)c(-c3cc(C(=N)S)cc(-c4nc5ccccc5s4)c3)cc12. The number of fused-ring (bicyclic) bond motifs is 2. The monoisotopic (exact) mass is 644 g/mol. The molecule has 2 heterocycles. The van der Waals surface area contributed by atoms with Crippen LogP contribution in [0.25, 0.3) is 54.2 Å². The lowest BCUT2D eigenvalue weighted by Gasteiger charge is -2.21. The topological polar surface area (TPSA) is 116 Å². The molecule has 0 aliphatic heterocycles. The van der Waals surface area contributed by atoms with Crippen molar-refractivity contribution < 1.29 is 22.0 Å². The summed E-state index contributed by atoms with van der Waals surface area (Å²) in [5.41, 5.74) is 4.35. The van der Waals surface area contributed by atoms with Crippen molar-refractivity contribution in [2.24, 2.45) is 0 Å². The molecule has 12 heteroatoms. The highest BCUT2D eigenvalue weighted by molar-refractivity contribution is 7.97. The number of amides is 1. The van der Waals surface area contributed by atoms with E-state index < -0.39 is 21.7 Å². The second-order valence-corrected chi connectivity index (χ2v) is 13.6. The average molecular weight is 645 g/mol. The van der Waals surface area contributed by atoms with Crippen molar-refractivity contribution in [3.63, 3.8) is 0 Å². The summed E-state index contributed by atoms with van der Waals surface area (Å²) >= 11 is 5.80. The lowest BCUT2D eigenvalue weighted by atomic mass is 9.95. The summed E-state index contributed by atoms with van der Waals surface area (Å²) < 4.78 is 47.7. The second-order valence-electron chi connectivity index (χ2n) is 10.1. The molecule has 6 rings (SSSR count). The number of para-hydroxylation sites is 1. The van der Waals surface area contributed by atoms with Crippen molar-refractivity contribution >= 4 is 71.8 Å². The molecule has 2 aromatic heterocycles. The predicted molar refractivity (Wildman–Crippen MR) is 178 cm³/mol. The molecule has 1 amide bonds. The number of furan rings is 1. The third-order valence-electron chi connectivity index (χ3n) is 7.26. The van der Waals surface area contributed by atoms with Gasteiger partial charge >= 0.3 is 0 Å². The highest BCUT2D eigenvalue weighted by Gasteiger charge is 2.26. The summed E-state index contributed by atoms with van der Waals surface area (Å²) in [4.78, 5) is 18.0. The molecule has 0 bridgehead atoms. The summed E-state index contributed by atoms with van der Waals surface area (Å²) in [6.45, 7) is 0. The Morgan fingerprint density at radius 2 is 1.73 bits per heavy atom. The Bertz CT molecular complexity index is 2190. The molecule has 0 spiro atoms. The van der Waals surface area contributed by atoms with Gasteiger partial charge in [0, 0.05) is 47.8 Å². The van der Waals surface area contributed by atoms with Crippen molar-refractivity contribution in [1.29, 1.82) is 5.41 Å². The lowest BCUT2D eigenvalue weighted by molar-refractivity contribution is 0.0964. The number of carbonyl (C=O) groups is 1. The molecule has 0 radical (unpaired) electrons. The van der Waals surface area contributed by atoms with Gasteiger partial charge < -0.3 is 9.73 Å². The zero-order valence-electron chi connectivity index (χ0n) is 23.7. The van der Waals surface area contributed by atoms with E-state index in [1.54, 1.807) is 18.2 Å². The number of thiol groups is 1. The largest absolute Gasteiger partial charge is 0.455 e. The Balaban J connectivity index is 1.67. The Kier molecular flexibility index (Phi) is 7.52. The van der Waals surface area contributed by atoms with Crippen LogP contribution in [0.4, 0.5) is 10.1 Å². The van der Waals surface area contributed by atoms with Crippen LogP contribution in [-0.4, -0.2) is 44.7 Å². The van der Waals surface area contributed by atoms with Crippen LogP contribution in [0.2, 0.25) is 0 Å². The zero-order valence-corrected chi connectivity index (χ0v) is 26.2. The maximum Gasteiger partial charge on any atom is 0.255 e. The Morgan fingerprint density at radius 3 is 2.39 bits per heavy atom. The van der Waals surface area contributed by atoms with Gasteiger partial charge in [-0.1, -0.05) is 12.1 Å². The van der Waals surface area contributed by atoms with Crippen LogP contribution in [0.1, 0.15) is 15.9 Å². The number of halogens is 1. The molecule has 0 saturated heterocycles. The number of hydrogen-bond acceptors (Lipinski definition) is 7. The number of carbonyl (C=O) groups excluding carboxylic acids is 1. The molecule has 8 nitrogen and oxygen atoms in total. The highest BCUT2D eigenvalue weighted by atomic mass is 32.2. The van der Waals surface area contributed by atoms with E-state index in [4.69, 9.17) is 14.8 Å². The first-order valence-corrected chi connectivity index (χ1v) is 16.4. The van der Waals surface area contributed by atoms with Crippen LogP contribution in [0.15, 0.2) is 83.3 Å². The number of benzene rings is 4. The molecule has 0 fully saturated rings. The number of thiazole rings is 1. The quantitative estimate of drug-likeness (QED) is 0.0966. The molecule has 2 N–H and O–H groups in total. The molecular weight excluding hydrogens is 620 g/mol. The molecule has 6 aromatic rings. The zero-order chi connectivity index (χ0) is 31.3. The smallest absolute Gasteiger partial charge is 0.255 e. The van der Waals surface area contributed by atoms with Crippen molar-refractivity contribution in [2.75, 3.05) is 24.7 Å². The minimum absolute atomic E-state index is 0.0151. The molecule has 44 heavy (non-hydrogen) atoms. The van der Waals surface area contributed by atoms with Crippen LogP contribution in [0.5, 0.6) is 0 Å². The van der Waals surface area contributed by atoms with Crippen LogP contribution >= 0.6 is 24.0 Å². The van der Waals surface area contributed by atoms with E-state index in [2.05, 4.69) is 17.9 Å². The lowest BCUT2D eigenvalue weighted by Crippen LogP contribution is -2.25. The summed E-state index contributed by atoms with van der Waals surface area (Å²) in [7, 11) is -0.812. The van der Waals surface area contributed by atoms with Crippen LogP contribution < -0.4 is 9.62 Å². The first kappa shape index (κ1) is 29.5. The van der Waals surface area contributed by atoms with E-state index in [1.165, 1.54) is 49.7 Å². The van der Waals surface area contributed by atoms with Crippen molar-refractivity contribution in [3.8, 4) is 33.0 Å². The number of anilines is 1. The van der Waals surface area contributed by atoms with Gasteiger partial charge in [0.15, 0.2) is 0 Å². The molecule has 4 aromatic carbocycles. The van der Waals surface area contributed by atoms with Gasteiger partial charge in [0.25, 0.3) is 5.91 Å². The van der Waals surface area contributed by atoms with E-state index in [1.807, 2.05) is 36.4 Å². The Hall–Kier alpha value is -4.52. The van der Waals surface area contributed by atoms with Crippen molar-refractivity contribution in [1.82, 2.24) is 10.3 Å². The minimum atomic E-state index is -3.74. The number of aromatic nitrogens is 1. The van der Waals surface area contributed by atoms with Gasteiger partial charge in [0.05, 0.1) is 32.8 Å². The fourth-order valence-corrected chi connectivity index (χ4v) is 6.59. The van der Waals surface area contributed by atoms with E-state index in [0.717, 1.165) is 31.3 Å². The summed E-state index contributed by atoms with van der Waals surface area (Å²) in [6, 6.07) is 22.0. The molecule has 0 saturated carbocycles. The number of rotatable bonds is 7. The van der Waals surface area contributed by atoms with Gasteiger partial charge in [-0.25, -0.2) is 17.8 Å². The fourth-order valence-electron chi connectivity index (χ4n) is 5.00. The summed E-state index contributed by atoms with van der Waals surface area (Å²) in [5, 5.41) is 12.1. The standard InChI is InChI=1S/C32H25FN4O4S3/c1-35-31(38)28-23-15-22(18-12-19(30(34)42)14-20(13-18)32-36-24-6-4-5-7-27(24)43-32)25(37(2)44(3,39)40)16-26(23)41-29(28)17-8-10-21(33)11-9-17/h4-16H,1-3H3,(H2,34,42)(H,35,38). The van der Waals surface area contributed by atoms with Crippen LogP contribution in [-0.2, 0) is 10.0 Å². The summed E-state index contributed by atoms with van der Waals surface area (Å²) in [5.74, 6) is -0.658. The molecule has 0 aliphatic rings. The fraction of sp³-hybridized carbons (Fsp3) is 0.0938. The molecule has 222 valence electrons. The molecule has 0 aliphatic carbocycles. The van der Waals surface area contributed by atoms with Crippen LogP contribution in [0.3, 0.4) is 0 Å². The minimum Gasteiger partial charge on any atom is -0.455 e. The van der Waals surface area contributed by atoms with E-state index in [0.29, 0.717) is 33.3 Å². The molecular formula is C32H25FN4O4S3. The average Bonchev–Trinajstić information content (AvgIpc) is 3.61. The first-order chi connectivity index (χ1) is 20.9. The van der Waals surface area contributed by atoms with E-state index in [9.17, 15) is 17.6 Å². The normalized spacial score (nSPS) is 11.7. The van der Waals surface area contributed by atoms with Gasteiger partial charge in [0.2, 0.25) is 10.0 Å².